The normalized spacial score (nSPS) is 13.7. The number of hydrogen-bond donors (Lipinski definition) is 2. The highest BCUT2D eigenvalue weighted by Gasteiger charge is 2.27. The summed E-state index contributed by atoms with van der Waals surface area (Å²) in [6, 6.07) is 3.51. The number of nitrogens with two attached hydrogens (primary N) is 1. The van der Waals surface area contributed by atoms with Crippen LogP contribution in [0.5, 0.6) is 5.75 Å². The van der Waals surface area contributed by atoms with Gasteiger partial charge in [0, 0.05) is 6.04 Å². The molecule has 0 fully saturated rings. The van der Waals surface area contributed by atoms with Crippen molar-refractivity contribution in [1.29, 1.82) is 0 Å². The van der Waals surface area contributed by atoms with E-state index in [0.29, 0.717) is 12.2 Å². The maximum Gasteiger partial charge on any atom is 0.123 e. The van der Waals surface area contributed by atoms with Crippen molar-refractivity contribution in [3.05, 3.63) is 28.8 Å². The second-order valence-corrected chi connectivity index (χ2v) is 7.55. The lowest BCUT2D eigenvalue weighted by Crippen LogP contribution is -2.20. The van der Waals surface area contributed by atoms with Gasteiger partial charge < -0.3 is 10.8 Å². The average Bonchev–Trinajstić information content (AvgIpc) is 2.26. The lowest BCUT2D eigenvalue weighted by molar-refractivity contribution is 0.419. The van der Waals surface area contributed by atoms with Crippen LogP contribution in [0.1, 0.15) is 70.7 Å². The fraction of sp³-hybridized carbons (Fsp3) is 0.647. The quantitative estimate of drug-likeness (QED) is 0.843. The van der Waals surface area contributed by atoms with Gasteiger partial charge in [-0.1, -0.05) is 53.7 Å². The summed E-state index contributed by atoms with van der Waals surface area (Å²) in [6.07, 6.45) is 0.304. The Labute approximate surface area is 134 Å². The van der Waals surface area contributed by atoms with Crippen LogP contribution in [-0.2, 0) is 10.8 Å². The molecule has 0 aromatic heterocycles. The Hall–Kier alpha value is -0.800. The van der Waals surface area contributed by atoms with Crippen LogP contribution in [0.4, 0.5) is 4.39 Å². The van der Waals surface area contributed by atoms with Gasteiger partial charge in [0.1, 0.15) is 5.75 Å². The van der Waals surface area contributed by atoms with Gasteiger partial charge in [0.25, 0.3) is 0 Å². The Bertz CT molecular complexity index is 440. The minimum atomic E-state index is -0.433. The predicted octanol–water partition coefficient (Wildman–Crippen LogP) is 4.77. The van der Waals surface area contributed by atoms with E-state index in [0.717, 1.165) is 16.7 Å². The van der Waals surface area contributed by atoms with Gasteiger partial charge in [-0.15, -0.1) is 12.4 Å². The van der Waals surface area contributed by atoms with Crippen LogP contribution in [0, 0.1) is 0 Å². The molecule has 1 aromatic rings. The Kier molecular flexibility index (Phi) is 6.71. The van der Waals surface area contributed by atoms with Crippen molar-refractivity contribution in [2.75, 3.05) is 6.67 Å². The lowest BCUT2D eigenvalue weighted by atomic mass is 9.77. The third kappa shape index (κ3) is 4.86. The first-order chi connectivity index (χ1) is 8.98. The van der Waals surface area contributed by atoms with Crippen molar-refractivity contribution in [1.82, 2.24) is 0 Å². The zero-order valence-corrected chi connectivity index (χ0v) is 14.8. The lowest BCUT2D eigenvalue weighted by Gasteiger charge is -2.29. The van der Waals surface area contributed by atoms with E-state index in [4.69, 9.17) is 5.73 Å². The Morgan fingerprint density at radius 1 is 1.05 bits per heavy atom. The van der Waals surface area contributed by atoms with E-state index in [1.807, 2.05) is 12.1 Å². The van der Waals surface area contributed by atoms with E-state index >= 15 is 0 Å². The zero-order valence-electron chi connectivity index (χ0n) is 14.0. The summed E-state index contributed by atoms with van der Waals surface area (Å²) in [5, 5.41) is 10.6. The molecule has 0 heterocycles. The fourth-order valence-electron chi connectivity index (χ4n) is 2.30. The molecule has 1 aromatic carbocycles. The molecule has 0 aliphatic heterocycles. The summed E-state index contributed by atoms with van der Waals surface area (Å²) < 4.78 is 12.5. The molecule has 3 N–H and O–H groups in total. The smallest absolute Gasteiger partial charge is 0.123 e. The van der Waals surface area contributed by atoms with E-state index in [1.165, 1.54) is 0 Å². The molecular formula is C17H29ClFNO. The molecule has 0 unspecified atom stereocenters. The van der Waals surface area contributed by atoms with Gasteiger partial charge in [0.15, 0.2) is 0 Å². The number of phenolic OH excluding ortho intramolecular Hbond substituents is 1. The Balaban J connectivity index is 0.00000400. The van der Waals surface area contributed by atoms with Gasteiger partial charge >= 0.3 is 0 Å². The molecular weight excluding hydrogens is 289 g/mol. The first-order valence-corrected chi connectivity index (χ1v) is 7.18. The summed E-state index contributed by atoms with van der Waals surface area (Å²) >= 11 is 0. The number of alkyl halides is 1. The van der Waals surface area contributed by atoms with Crippen LogP contribution in [0.2, 0.25) is 0 Å². The van der Waals surface area contributed by atoms with E-state index in [1.54, 1.807) is 0 Å². The highest BCUT2D eigenvalue weighted by atomic mass is 35.5. The first-order valence-electron chi connectivity index (χ1n) is 7.18. The number of hydrogen-bond acceptors (Lipinski definition) is 2. The number of aromatic hydroxyl groups is 1. The highest BCUT2D eigenvalue weighted by molar-refractivity contribution is 5.85. The number of phenols is 1. The van der Waals surface area contributed by atoms with Crippen molar-refractivity contribution in [2.24, 2.45) is 5.73 Å². The summed E-state index contributed by atoms with van der Waals surface area (Å²) in [4.78, 5) is 0. The van der Waals surface area contributed by atoms with Gasteiger partial charge in [-0.3, -0.25) is 4.39 Å². The van der Waals surface area contributed by atoms with Gasteiger partial charge in [0.2, 0.25) is 0 Å². The Morgan fingerprint density at radius 2 is 1.43 bits per heavy atom. The molecule has 0 saturated heterocycles. The van der Waals surface area contributed by atoms with Crippen LogP contribution >= 0.6 is 12.4 Å². The molecule has 0 saturated carbocycles. The molecule has 21 heavy (non-hydrogen) atoms. The minimum absolute atomic E-state index is 0. The molecule has 0 aliphatic carbocycles. The van der Waals surface area contributed by atoms with Gasteiger partial charge in [-0.05, 0) is 33.9 Å². The van der Waals surface area contributed by atoms with Crippen LogP contribution < -0.4 is 5.73 Å². The van der Waals surface area contributed by atoms with E-state index in [2.05, 4.69) is 41.5 Å². The number of halogens is 2. The summed E-state index contributed by atoms with van der Waals surface area (Å²) in [5.74, 6) is 0.334. The largest absolute Gasteiger partial charge is 0.507 e. The maximum atomic E-state index is 12.5. The standard InChI is InChI=1S/C17H28FNO.ClH/c1-16(2,3)12-9-11(14(19)7-8-18)10-13(15(12)20)17(4,5)6;/h9-10,14,20H,7-8,19H2,1-6H3;1H/t14-;/m1./s1. The second-order valence-electron chi connectivity index (χ2n) is 7.55. The summed E-state index contributed by atoms with van der Waals surface area (Å²) in [5.41, 5.74) is 8.33. The summed E-state index contributed by atoms with van der Waals surface area (Å²) in [6.45, 7) is 11.9. The molecule has 2 nitrogen and oxygen atoms in total. The molecule has 0 aliphatic rings. The van der Waals surface area contributed by atoms with E-state index in [-0.39, 0.29) is 29.3 Å². The molecule has 1 atom stereocenters. The van der Waals surface area contributed by atoms with Crippen LogP contribution in [0.15, 0.2) is 12.1 Å². The van der Waals surface area contributed by atoms with Gasteiger partial charge in [0.05, 0.1) is 6.67 Å². The zero-order chi connectivity index (χ0) is 15.7. The first kappa shape index (κ1) is 20.2. The van der Waals surface area contributed by atoms with E-state index in [9.17, 15) is 9.50 Å². The van der Waals surface area contributed by atoms with Crippen LogP contribution in [0.25, 0.3) is 0 Å². The second kappa shape index (κ2) is 6.97. The van der Waals surface area contributed by atoms with Crippen molar-refractivity contribution < 1.29 is 9.50 Å². The van der Waals surface area contributed by atoms with Crippen molar-refractivity contribution >= 4 is 12.4 Å². The fourth-order valence-corrected chi connectivity index (χ4v) is 2.30. The highest BCUT2D eigenvalue weighted by Crippen LogP contribution is 2.40. The molecule has 0 bridgehead atoms. The van der Waals surface area contributed by atoms with Gasteiger partial charge in [-0.25, -0.2) is 0 Å². The molecule has 0 amide bonds. The topological polar surface area (TPSA) is 46.2 Å². The summed E-state index contributed by atoms with van der Waals surface area (Å²) in [7, 11) is 0. The molecule has 0 spiro atoms. The average molecular weight is 318 g/mol. The van der Waals surface area contributed by atoms with Crippen molar-refractivity contribution in [3.63, 3.8) is 0 Å². The monoisotopic (exact) mass is 317 g/mol. The molecule has 0 radical (unpaired) electrons. The van der Waals surface area contributed by atoms with E-state index < -0.39 is 6.67 Å². The van der Waals surface area contributed by atoms with Crippen LogP contribution in [0.3, 0.4) is 0 Å². The van der Waals surface area contributed by atoms with Crippen molar-refractivity contribution in [2.45, 2.75) is 64.8 Å². The van der Waals surface area contributed by atoms with Crippen molar-refractivity contribution in [3.8, 4) is 5.75 Å². The third-order valence-corrected chi connectivity index (χ3v) is 3.60. The SMILES string of the molecule is CC(C)(C)c1cc([C@H](N)CCF)cc(C(C)(C)C)c1O.Cl. The minimum Gasteiger partial charge on any atom is -0.507 e. The number of rotatable bonds is 3. The van der Waals surface area contributed by atoms with Crippen LogP contribution in [-0.4, -0.2) is 11.8 Å². The third-order valence-electron chi connectivity index (χ3n) is 3.60. The molecule has 1 rings (SSSR count). The van der Waals surface area contributed by atoms with Gasteiger partial charge in [-0.2, -0.15) is 0 Å². The molecule has 4 heteroatoms. The number of benzene rings is 1. The predicted molar refractivity (Wildman–Crippen MR) is 90.3 cm³/mol. The Morgan fingerprint density at radius 3 is 1.71 bits per heavy atom. The molecule has 122 valence electrons. The maximum absolute atomic E-state index is 12.5.